The average Bonchev–Trinajstić information content (AvgIpc) is 2.97. The van der Waals surface area contributed by atoms with Crippen LogP contribution in [0.25, 0.3) is 54.8 Å². The fraction of sp³-hybridized carbons (Fsp3) is 0. The lowest BCUT2D eigenvalue weighted by molar-refractivity contribution is 1.11. The molecule has 0 saturated heterocycles. The summed E-state index contributed by atoms with van der Waals surface area (Å²) in [6, 6.07) is 38.3. The van der Waals surface area contributed by atoms with Crippen LogP contribution in [0.15, 0.2) is 122 Å². The van der Waals surface area contributed by atoms with E-state index in [1.807, 2.05) is 36.7 Å². The maximum absolute atomic E-state index is 5.22. The lowest BCUT2D eigenvalue weighted by Gasteiger charge is -2.33. The molecule has 0 aliphatic carbocycles. The highest BCUT2D eigenvalue weighted by atomic mass is 15.3. The van der Waals surface area contributed by atoms with E-state index in [-0.39, 0.29) is 0 Å². The minimum absolute atomic E-state index is 0.657. The molecule has 1 aliphatic rings. The Balaban J connectivity index is 1.51. The number of benzene rings is 5. The van der Waals surface area contributed by atoms with E-state index in [1.165, 1.54) is 32.7 Å². The van der Waals surface area contributed by atoms with E-state index in [0.717, 1.165) is 33.5 Å². The molecule has 3 heterocycles. The molecule has 4 heteroatoms. The van der Waals surface area contributed by atoms with Crippen molar-refractivity contribution in [3.8, 4) is 22.4 Å². The zero-order valence-electron chi connectivity index (χ0n) is 19.8. The third kappa shape index (κ3) is 2.93. The van der Waals surface area contributed by atoms with Crippen molar-refractivity contribution in [2.45, 2.75) is 0 Å². The van der Waals surface area contributed by atoms with Gasteiger partial charge in [0.25, 0.3) is 0 Å². The Hall–Kier alpha value is -5.09. The normalized spacial score (nSPS) is 12.3. The van der Waals surface area contributed by atoms with Crippen molar-refractivity contribution in [3.05, 3.63) is 122 Å². The van der Waals surface area contributed by atoms with E-state index in [1.54, 1.807) is 0 Å². The Morgan fingerprint density at radius 3 is 2.19 bits per heavy atom. The van der Waals surface area contributed by atoms with Crippen LogP contribution in [0.4, 0.5) is 17.3 Å². The monoisotopic (exact) mass is 472 g/mol. The number of hydrogen-bond donors (Lipinski definition) is 0. The highest BCUT2D eigenvalue weighted by Gasteiger charge is 2.29. The van der Waals surface area contributed by atoms with Gasteiger partial charge in [0, 0.05) is 34.3 Å². The van der Waals surface area contributed by atoms with E-state index in [0.29, 0.717) is 5.95 Å². The number of hydrogen-bond acceptors (Lipinski definition) is 4. The second-order valence-corrected chi connectivity index (χ2v) is 9.32. The van der Waals surface area contributed by atoms with E-state index in [9.17, 15) is 0 Å². The smallest absolute Gasteiger partial charge is 0.235 e. The quantitative estimate of drug-likeness (QED) is 0.253. The highest BCUT2D eigenvalue weighted by Crippen LogP contribution is 2.52. The number of aromatic nitrogens is 3. The summed E-state index contributed by atoms with van der Waals surface area (Å²) in [5, 5.41) is 5.88. The van der Waals surface area contributed by atoms with Crippen LogP contribution < -0.4 is 4.90 Å². The first kappa shape index (κ1) is 20.1. The summed E-state index contributed by atoms with van der Waals surface area (Å²) in [7, 11) is 0. The summed E-state index contributed by atoms with van der Waals surface area (Å²) >= 11 is 0. The SMILES string of the molecule is c1ccc2c3c(ccc2c1)N(c1nc(-c2ccncc2)c2ccccc2n1)c1cccc2cccc-3c12. The molecule has 0 bridgehead atoms. The topological polar surface area (TPSA) is 41.9 Å². The molecule has 37 heavy (non-hydrogen) atoms. The molecular weight excluding hydrogens is 452 g/mol. The molecule has 0 radical (unpaired) electrons. The Kier molecular flexibility index (Phi) is 4.19. The molecule has 1 aliphatic heterocycles. The van der Waals surface area contributed by atoms with Gasteiger partial charge in [0.15, 0.2) is 0 Å². The lowest BCUT2D eigenvalue weighted by atomic mass is 9.88. The second-order valence-electron chi connectivity index (χ2n) is 9.32. The van der Waals surface area contributed by atoms with Crippen LogP contribution >= 0.6 is 0 Å². The van der Waals surface area contributed by atoms with Crippen molar-refractivity contribution in [2.24, 2.45) is 0 Å². The molecule has 0 saturated carbocycles. The molecule has 2 aromatic heterocycles. The first-order chi connectivity index (χ1) is 18.4. The summed E-state index contributed by atoms with van der Waals surface area (Å²) in [5.41, 5.74) is 7.46. The Labute approximate surface area is 213 Å². The Bertz CT molecular complexity index is 1990. The second kappa shape index (κ2) is 7.70. The third-order valence-electron chi connectivity index (χ3n) is 7.29. The van der Waals surface area contributed by atoms with Gasteiger partial charge in [-0.25, -0.2) is 9.97 Å². The molecule has 4 nitrogen and oxygen atoms in total. The molecule has 8 rings (SSSR count). The number of pyridine rings is 1. The fourth-order valence-electron chi connectivity index (χ4n) is 5.68. The maximum atomic E-state index is 5.22. The highest BCUT2D eigenvalue weighted by molar-refractivity contribution is 6.19. The van der Waals surface area contributed by atoms with Gasteiger partial charge >= 0.3 is 0 Å². The summed E-state index contributed by atoms with van der Waals surface area (Å²) in [4.78, 5) is 16.8. The zero-order valence-corrected chi connectivity index (χ0v) is 19.8. The maximum Gasteiger partial charge on any atom is 0.235 e. The van der Waals surface area contributed by atoms with Gasteiger partial charge in [-0.3, -0.25) is 9.88 Å². The van der Waals surface area contributed by atoms with Gasteiger partial charge in [-0.1, -0.05) is 78.9 Å². The number of para-hydroxylation sites is 1. The summed E-state index contributed by atoms with van der Waals surface area (Å²) < 4.78 is 0. The Morgan fingerprint density at radius 1 is 0.541 bits per heavy atom. The average molecular weight is 473 g/mol. The molecule has 0 fully saturated rings. The van der Waals surface area contributed by atoms with E-state index in [2.05, 4.69) is 94.8 Å². The fourth-order valence-corrected chi connectivity index (χ4v) is 5.68. The molecule has 7 aromatic rings. The molecule has 172 valence electrons. The van der Waals surface area contributed by atoms with Gasteiger partial charge in [-0.15, -0.1) is 0 Å². The van der Waals surface area contributed by atoms with Gasteiger partial charge in [0.2, 0.25) is 5.95 Å². The molecule has 5 aromatic carbocycles. The number of fused-ring (bicyclic) bond motifs is 5. The third-order valence-corrected chi connectivity index (χ3v) is 7.29. The molecule has 0 N–H and O–H groups in total. The number of nitrogens with zero attached hydrogens (tertiary/aromatic N) is 4. The summed E-state index contributed by atoms with van der Waals surface area (Å²) in [5.74, 6) is 0.657. The van der Waals surface area contributed by atoms with Crippen LogP contribution in [0.3, 0.4) is 0 Å². The van der Waals surface area contributed by atoms with E-state index in [4.69, 9.17) is 9.97 Å². The Morgan fingerprint density at radius 2 is 1.30 bits per heavy atom. The summed E-state index contributed by atoms with van der Waals surface area (Å²) in [6.45, 7) is 0. The summed E-state index contributed by atoms with van der Waals surface area (Å²) in [6.07, 6.45) is 3.62. The molecule has 0 spiro atoms. The minimum atomic E-state index is 0.657. The first-order valence-corrected chi connectivity index (χ1v) is 12.4. The zero-order chi connectivity index (χ0) is 24.3. The van der Waals surface area contributed by atoms with Gasteiger partial charge < -0.3 is 0 Å². The first-order valence-electron chi connectivity index (χ1n) is 12.4. The number of rotatable bonds is 2. The van der Waals surface area contributed by atoms with Crippen molar-refractivity contribution in [3.63, 3.8) is 0 Å². The predicted octanol–water partition coefficient (Wildman–Crippen LogP) is 8.45. The standard InChI is InChI=1S/C33H20N4/c1-2-10-24-21(7-1)15-16-29-31(24)26-12-5-8-22-9-6-14-28(30(22)26)37(29)33-35-27-13-4-3-11-25(27)32(36-33)23-17-19-34-20-18-23/h1-20H. The van der Waals surface area contributed by atoms with Gasteiger partial charge in [0.1, 0.15) is 0 Å². The van der Waals surface area contributed by atoms with Crippen LogP contribution in [0.5, 0.6) is 0 Å². The molecule has 0 amide bonds. The van der Waals surface area contributed by atoms with Crippen molar-refractivity contribution >= 4 is 49.8 Å². The lowest BCUT2D eigenvalue weighted by Crippen LogP contribution is -2.18. The molecule has 0 atom stereocenters. The van der Waals surface area contributed by atoms with Gasteiger partial charge in [-0.2, -0.15) is 0 Å². The van der Waals surface area contributed by atoms with Crippen molar-refractivity contribution in [1.82, 2.24) is 15.0 Å². The van der Waals surface area contributed by atoms with Crippen molar-refractivity contribution in [1.29, 1.82) is 0 Å². The van der Waals surface area contributed by atoms with Crippen molar-refractivity contribution < 1.29 is 0 Å². The van der Waals surface area contributed by atoms with Crippen LogP contribution in [-0.4, -0.2) is 15.0 Å². The van der Waals surface area contributed by atoms with Crippen molar-refractivity contribution in [2.75, 3.05) is 4.90 Å². The largest absolute Gasteiger partial charge is 0.278 e. The van der Waals surface area contributed by atoms with Crippen LogP contribution in [0, 0.1) is 0 Å². The van der Waals surface area contributed by atoms with E-state index < -0.39 is 0 Å². The molecule has 0 unspecified atom stereocenters. The van der Waals surface area contributed by atoms with Gasteiger partial charge in [0.05, 0.1) is 22.6 Å². The van der Waals surface area contributed by atoms with Crippen LogP contribution in [-0.2, 0) is 0 Å². The van der Waals surface area contributed by atoms with Gasteiger partial charge in [-0.05, 0) is 52.1 Å². The minimum Gasteiger partial charge on any atom is -0.278 e. The van der Waals surface area contributed by atoms with Crippen LogP contribution in [0.1, 0.15) is 0 Å². The molecular formula is C33H20N4. The number of anilines is 3. The van der Waals surface area contributed by atoms with Crippen LogP contribution in [0.2, 0.25) is 0 Å². The van der Waals surface area contributed by atoms with E-state index >= 15 is 0 Å². The predicted molar refractivity (Wildman–Crippen MR) is 151 cm³/mol.